The highest BCUT2D eigenvalue weighted by Gasteiger charge is 2.16. The average molecular weight is 348 g/mol. The molecular formula is C19H12N2O5. The predicted molar refractivity (Wildman–Crippen MR) is 88.3 cm³/mol. The molecule has 0 amide bonds. The number of nitrogens with zero attached hydrogens (tertiary/aromatic N) is 2. The summed E-state index contributed by atoms with van der Waals surface area (Å²) in [4.78, 5) is 12.0. The second-order valence-electron chi connectivity index (χ2n) is 5.52. The lowest BCUT2D eigenvalue weighted by atomic mass is 10.1. The fraction of sp³-hybridized carbons (Fsp3) is 0.105. The van der Waals surface area contributed by atoms with Gasteiger partial charge in [-0.1, -0.05) is 5.16 Å². The van der Waals surface area contributed by atoms with Crippen molar-refractivity contribution in [2.45, 2.75) is 6.61 Å². The van der Waals surface area contributed by atoms with Crippen LogP contribution in [-0.4, -0.2) is 17.9 Å². The van der Waals surface area contributed by atoms with E-state index >= 15 is 0 Å². The molecule has 1 aliphatic rings. The van der Waals surface area contributed by atoms with E-state index in [1.54, 1.807) is 42.5 Å². The van der Waals surface area contributed by atoms with Crippen LogP contribution in [-0.2, 0) is 11.3 Å². The van der Waals surface area contributed by atoms with E-state index in [0.29, 0.717) is 34.1 Å². The minimum absolute atomic E-state index is 0.0209. The van der Waals surface area contributed by atoms with Crippen LogP contribution >= 0.6 is 0 Å². The number of ether oxygens (including phenoxy) is 3. The highest BCUT2D eigenvalue weighted by atomic mass is 16.7. The van der Waals surface area contributed by atoms with Crippen molar-refractivity contribution >= 4 is 5.97 Å². The zero-order chi connectivity index (χ0) is 17.9. The van der Waals surface area contributed by atoms with E-state index in [1.165, 1.54) is 0 Å². The van der Waals surface area contributed by atoms with Gasteiger partial charge in [-0.15, -0.1) is 0 Å². The Balaban J connectivity index is 1.42. The van der Waals surface area contributed by atoms with Crippen molar-refractivity contribution in [2.75, 3.05) is 6.79 Å². The van der Waals surface area contributed by atoms with Crippen molar-refractivity contribution in [2.24, 2.45) is 0 Å². The van der Waals surface area contributed by atoms with Crippen LogP contribution in [0, 0.1) is 11.3 Å². The molecule has 0 N–H and O–H groups in total. The molecule has 0 spiro atoms. The normalized spacial score (nSPS) is 11.8. The molecule has 2 heterocycles. The quantitative estimate of drug-likeness (QED) is 0.668. The van der Waals surface area contributed by atoms with Crippen LogP contribution in [0.3, 0.4) is 0 Å². The van der Waals surface area contributed by atoms with E-state index < -0.39 is 5.97 Å². The summed E-state index contributed by atoms with van der Waals surface area (Å²) in [7, 11) is 0. The number of hydrogen-bond donors (Lipinski definition) is 0. The number of hydrogen-bond acceptors (Lipinski definition) is 7. The Hall–Kier alpha value is -3.79. The summed E-state index contributed by atoms with van der Waals surface area (Å²) in [5.74, 6) is 1.37. The van der Waals surface area contributed by atoms with Gasteiger partial charge >= 0.3 is 5.97 Å². The molecule has 128 valence electrons. The summed E-state index contributed by atoms with van der Waals surface area (Å²) in [6.45, 7) is 0.179. The number of fused-ring (bicyclic) bond motifs is 1. The minimum atomic E-state index is -0.498. The zero-order valence-electron chi connectivity index (χ0n) is 13.5. The third-order valence-electron chi connectivity index (χ3n) is 3.82. The zero-order valence-corrected chi connectivity index (χ0v) is 13.5. The number of rotatable bonds is 4. The highest BCUT2D eigenvalue weighted by Crippen LogP contribution is 2.36. The Bertz CT molecular complexity index is 1000. The number of nitriles is 1. The van der Waals surface area contributed by atoms with Crippen LogP contribution in [0.25, 0.3) is 11.3 Å². The van der Waals surface area contributed by atoms with Crippen LogP contribution in [0.1, 0.15) is 21.6 Å². The molecule has 4 rings (SSSR count). The summed E-state index contributed by atoms with van der Waals surface area (Å²) in [6.07, 6.45) is 0. The molecule has 0 saturated heterocycles. The van der Waals surface area contributed by atoms with Crippen molar-refractivity contribution in [3.63, 3.8) is 0 Å². The van der Waals surface area contributed by atoms with Gasteiger partial charge in [0.05, 0.1) is 17.2 Å². The van der Waals surface area contributed by atoms with Crippen LogP contribution in [0.2, 0.25) is 0 Å². The van der Waals surface area contributed by atoms with Gasteiger partial charge in [-0.05, 0) is 42.5 Å². The van der Waals surface area contributed by atoms with Crippen LogP contribution in [0.15, 0.2) is 53.1 Å². The lowest BCUT2D eigenvalue weighted by Gasteiger charge is -2.02. The maximum absolute atomic E-state index is 12.0. The molecule has 2 aromatic carbocycles. The van der Waals surface area contributed by atoms with Gasteiger partial charge in [-0.3, -0.25) is 0 Å². The first-order chi connectivity index (χ1) is 12.7. The highest BCUT2D eigenvalue weighted by molar-refractivity contribution is 5.89. The first-order valence-electron chi connectivity index (χ1n) is 7.76. The first-order valence-corrected chi connectivity index (χ1v) is 7.76. The Morgan fingerprint density at radius 1 is 1.12 bits per heavy atom. The van der Waals surface area contributed by atoms with Gasteiger partial charge in [0.2, 0.25) is 6.79 Å². The Morgan fingerprint density at radius 2 is 1.92 bits per heavy atom. The molecular weight excluding hydrogens is 336 g/mol. The van der Waals surface area contributed by atoms with Crippen LogP contribution < -0.4 is 9.47 Å². The van der Waals surface area contributed by atoms with E-state index in [0.717, 1.165) is 5.56 Å². The molecule has 0 unspecified atom stereocenters. The van der Waals surface area contributed by atoms with Gasteiger partial charge < -0.3 is 18.7 Å². The Kier molecular flexibility index (Phi) is 4.00. The van der Waals surface area contributed by atoms with E-state index in [9.17, 15) is 4.79 Å². The first kappa shape index (κ1) is 15.7. The average Bonchev–Trinajstić information content (AvgIpc) is 3.34. The summed E-state index contributed by atoms with van der Waals surface area (Å²) in [6, 6.07) is 15.3. The van der Waals surface area contributed by atoms with E-state index in [1.807, 2.05) is 12.1 Å². The molecule has 0 atom stereocenters. The topological polar surface area (TPSA) is 94.6 Å². The monoisotopic (exact) mass is 348 g/mol. The van der Waals surface area contributed by atoms with Gasteiger partial charge in [0.25, 0.3) is 0 Å². The van der Waals surface area contributed by atoms with E-state index in [-0.39, 0.29) is 13.4 Å². The molecule has 7 heteroatoms. The van der Waals surface area contributed by atoms with Crippen molar-refractivity contribution < 1.29 is 23.5 Å². The second kappa shape index (κ2) is 6.61. The third kappa shape index (κ3) is 3.08. The molecule has 0 bridgehead atoms. The van der Waals surface area contributed by atoms with Crippen LogP contribution in [0.5, 0.6) is 11.5 Å². The van der Waals surface area contributed by atoms with Crippen molar-refractivity contribution in [1.29, 1.82) is 5.26 Å². The van der Waals surface area contributed by atoms with Crippen molar-refractivity contribution in [3.8, 4) is 28.9 Å². The maximum Gasteiger partial charge on any atom is 0.338 e. The molecule has 1 aromatic heterocycles. The van der Waals surface area contributed by atoms with Gasteiger partial charge in [0.1, 0.15) is 12.3 Å². The molecule has 1 aliphatic heterocycles. The molecule has 3 aromatic rings. The molecule has 26 heavy (non-hydrogen) atoms. The van der Waals surface area contributed by atoms with E-state index in [2.05, 4.69) is 5.16 Å². The summed E-state index contributed by atoms with van der Waals surface area (Å²) in [5.41, 5.74) is 2.11. The fourth-order valence-electron chi connectivity index (χ4n) is 2.47. The van der Waals surface area contributed by atoms with Gasteiger partial charge in [-0.2, -0.15) is 5.26 Å². The van der Waals surface area contributed by atoms with E-state index in [4.69, 9.17) is 24.0 Å². The second-order valence-corrected chi connectivity index (χ2v) is 5.52. The Morgan fingerprint density at radius 3 is 2.73 bits per heavy atom. The number of carbonyl (C=O) groups is 1. The molecule has 0 fully saturated rings. The lowest BCUT2D eigenvalue weighted by Crippen LogP contribution is -2.05. The maximum atomic E-state index is 12.0. The van der Waals surface area contributed by atoms with Gasteiger partial charge in [-0.25, -0.2) is 4.79 Å². The number of aromatic nitrogens is 1. The molecule has 0 saturated carbocycles. The number of benzene rings is 2. The summed E-state index contributed by atoms with van der Waals surface area (Å²) < 4.78 is 21.1. The number of esters is 1. The SMILES string of the molecule is N#Cc1ccc(C(=O)OCc2cc(-c3ccc4c(c3)OCO4)on2)cc1. The fourth-order valence-corrected chi connectivity index (χ4v) is 2.47. The third-order valence-corrected chi connectivity index (χ3v) is 3.82. The smallest absolute Gasteiger partial charge is 0.338 e. The predicted octanol–water partition coefficient (Wildman–Crippen LogP) is 3.30. The molecule has 0 aliphatic carbocycles. The van der Waals surface area contributed by atoms with Crippen molar-refractivity contribution in [1.82, 2.24) is 5.16 Å². The summed E-state index contributed by atoms with van der Waals surface area (Å²) in [5, 5.41) is 12.7. The van der Waals surface area contributed by atoms with Crippen LogP contribution in [0.4, 0.5) is 0 Å². The summed E-state index contributed by atoms with van der Waals surface area (Å²) >= 11 is 0. The Labute approximate surface area is 148 Å². The lowest BCUT2D eigenvalue weighted by molar-refractivity contribution is 0.0464. The molecule has 0 radical (unpaired) electrons. The van der Waals surface area contributed by atoms with Gasteiger partial charge in [0, 0.05) is 11.6 Å². The standard InChI is InChI=1S/C19H12N2O5/c20-9-12-1-3-13(4-2-12)19(22)23-10-15-8-17(26-21-15)14-5-6-16-18(7-14)25-11-24-16/h1-8H,10-11H2. The van der Waals surface area contributed by atoms with Gasteiger partial charge in [0.15, 0.2) is 17.3 Å². The molecule has 7 nitrogen and oxygen atoms in total. The largest absolute Gasteiger partial charge is 0.455 e. The number of carbonyl (C=O) groups excluding carboxylic acids is 1. The minimum Gasteiger partial charge on any atom is -0.455 e. The van der Waals surface area contributed by atoms with Crippen molar-refractivity contribution in [3.05, 3.63) is 65.4 Å².